The van der Waals surface area contributed by atoms with Gasteiger partial charge >= 0.3 is 5.97 Å². The van der Waals surface area contributed by atoms with E-state index in [2.05, 4.69) is 14.7 Å². The molecule has 0 saturated heterocycles. The summed E-state index contributed by atoms with van der Waals surface area (Å²) >= 11 is 0. The fourth-order valence-electron chi connectivity index (χ4n) is 1.38. The molecule has 4 heteroatoms. The summed E-state index contributed by atoms with van der Waals surface area (Å²) in [6, 6.07) is 3.70. The number of rotatable bonds is 1. The van der Waals surface area contributed by atoms with Crippen LogP contribution in [0.5, 0.6) is 0 Å². The van der Waals surface area contributed by atoms with E-state index in [-0.39, 0.29) is 0 Å². The molecule has 2 heterocycles. The quantitative estimate of drug-likeness (QED) is 0.696. The largest absolute Gasteiger partial charge is 0.464 e. The van der Waals surface area contributed by atoms with Crippen molar-refractivity contribution in [1.82, 2.24) is 9.97 Å². The van der Waals surface area contributed by atoms with Gasteiger partial charge in [0.2, 0.25) is 0 Å². The van der Waals surface area contributed by atoms with Gasteiger partial charge in [0.05, 0.1) is 18.1 Å². The molecule has 2 aromatic rings. The Balaban J connectivity index is 2.64. The van der Waals surface area contributed by atoms with Crippen LogP contribution in [0.3, 0.4) is 0 Å². The average Bonchev–Trinajstić information content (AvgIpc) is 2.62. The van der Waals surface area contributed by atoms with Gasteiger partial charge in [-0.15, -0.1) is 0 Å². The predicted molar refractivity (Wildman–Crippen MR) is 52.2 cm³/mol. The monoisotopic (exact) mass is 190 g/mol. The molecular weight excluding hydrogens is 180 g/mol. The molecule has 0 aromatic carbocycles. The van der Waals surface area contributed by atoms with Gasteiger partial charge in [-0.25, -0.2) is 9.78 Å². The topological polar surface area (TPSA) is 55.0 Å². The summed E-state index contributed by atoms with van der Waals surface area (Å²) in [7, 11) is 1.35. The Hall–Kier alpha value is -1.84. The maximum atomic E-state index is 11.3. The van der Waals surface area contributed by atoms with Crippen LogP contribution in [0.2, 0.25) is 0 Å². The van der Waals surface area contributed by atoms with E-state index in [0.29, 0.717) is 5.69 Å². The van der Waals surface area contributed by atoms with E-state index in [0.717, 1.165) is 16.6 Å². The van der Waals surface area contributed by atoms with Crippen molar-refractivity contribution >= 4 is 17.0 Å². The summed E-state index contributed by atoms with van der Waals surface area (Å²) in [5.74, 6) is -0.398. The van der Waals surface area contributed by atoms with Crippen molar-refractivity contribution in [2.75, 3.05) is 7.11 Å². The van der Waals surface area contributed by atoms with E-state index in [1.54, 1.807) is 6.20 Å². The van der Waals surface area contributed by atoms with Crippen LogP contribution in [0.25, 0.3) is 11.0 Å². The van der Waals surface area contributed by atoms with Crippen molar-refractivity contribution in [2.24, 2.45) is 0 Å². The Morgan fingerprint density at radius 2 is 2.36 bits per heavy atom. The van der Waals surface area contributed by atoms with E-state index in [1.807, 2.05) is 19.1 Å². The number of hydrogen-bond donors (Lipinski definition) is 1. The molecule has 0 atom stereocenters. The second kappa shape index (κ2) is 3.14. The van der Waals surface area contributed by atoms with E-state index in [9.17, 15) is 4.79 Å². The molecule has 0 saturated carbocycles. The van der Waals surface area contributed by atoms with Crippen molar-refractivity contribution in [3.8, 4) is 0 Å². The van der Waals surface area contributed by atoms with Gasteiger partial charge in [-0.3, -0.25) is 0 Å². The average molecular weight is 190 g/mol. The molecule has 1 N–H and O–H groups in total. The molecule has 0 bridgehead atoms. The first kappa shape index (κ1) is 8.74. The van der Waals surface area contributed by atoms with Crippen molar-refractivity contribution in [3.63, 3.8) is 0 Å². The van der Waals surface area contributed by atoms with Crippen LogP contribution in [-0.4, -0.2) is 23.0 Å². The number of pyridine rings is 1. The number of aromatic amines is 1. The number of methoxy groups -OCH3 is 1. The number of carbonyl (C=O) groups excluding carboxylic acids is 1. The SMILES string of the molecule is COC(=O)c1nc2cc[nH]c2cc1C. The van der Waals surface area contributed by atoms with Gasteiger partial charge in [-0.2, -0.15) is 0 Å². The lowest BCUT2D eigenvalue weighted by molar-refractivity contribution is 0.0593. The number of ether oxygens (including phenoxy) is 1. The Morgan fingerprint density at radius 1 is 1.57 bits per heavy atom. The first-order valence-electron chi connectivity index (χ1n) is 4.25. The number of hydrogen-bond acceptors (Lipinski definition) is 3. The summed E-state index contributed by atoms with van der Waals surface area (Å²) in [6.07, 6.45) is 1.79. The molecule has 0 aliphatic rings. The van der Waals surface area contributed by atoms with Gasteiger partial charge in [0, 0.05) is 6.20 Å². The van der Waals surface area contributed by atoms with Gasteiger partial charge in [0.1, 0.15) is 0 Å². The summed E-state index contributed by atoms with van der Waals surface area (Å²) in [4.78, 5) is 18.5. The Labute approximate surface area is 80.9 Å². The van der Waals surface area contributed by atoms with Gasteiger partial charge in [0.25, 0.3) is 0 Å². The molecule has 0 aliphatic carbocycles. The van der Waals surface area contributed by atoms with Crippen LogP contribution in [-0.2, 0) is 4.74 Å². The number of aromatic nitrogens is 2. The molecule has 0 aliphatic heterocycles. The number of esters is 1. The first-order chi connectivity index (χ1) is 6.72. The number of H-pyrrole nitrogens is 1. The number of nitrogens with zero attached hydrogens (tertiary/aromatic N) is 1. The van der Waals surface area contributed by atoms with Crippen LogP contribution < -0.4 is 0 Å². The molecule has 72 valence electrons. The van der Waals surface area contributed by atoms with Crippen LogP contribution >= 0.6 is 0 Å². The van der Waals surface area contributed by atoms with E-state index in [4.69, 9.17) is 0 Å². The highest BCUT2D eigenvalue weighted by Crippen LogP contribution is 2.15. The van der Waals surface area contributed by atoms with Crippen molar-refractivity contribution < 1.29 is 9.53 Å². The molecule has 0 spiro atoms. The second-order valence-corrected chi connectivity index (χ2v) is 3.06. The maximum absolute atomic E-state index is 11.3. The minimum Gasteiger partial charge on any atom is -0.464 e. The maximum Gasteiger partial charge on any atom is 0.356 e. The van der Waals surface area contributed by atoms with E-state index in [1.165, 1.54) is 7.11 Å². The van der Waals surface area contributed by atoms with Crippen molar-refractivity contribution in [1.29, 1.82) is 0 Å². The first-order valence-corrected chi connectivity index (χ1v) is 4.25. The standard InChI is InChI=1S/C10H10N2O2/c1-6-5-8-7(3-4-11-8)12-9(6)10(13)14-2/h3-5,11H,1-2H3. The highest BCUT2D eigenvalue weighted by atomic mass is 16.5. The lowest BCUT2D eigenvalue weighted by atomic mass is 10.2. The molecule has 0 unspecified atom stereocenters. The smallest absolute Gasteiger partial charge is 0.356 e. The third-order valence-corrected chi connectivity index (χ3v) is 2.10. The molecule has 14 heavy (non-hydrogen) atoms. The Bertz CT molecular complexity index is 488. The van der Waals surface area contributed by atoms with Gasteiger partial charge < -0.3 is 9.72 Å². The molecule has 2 rings (SSSR count). The highest BCUT2D eigenvalue weighted by Gasteiger charge is 2.12. The summed E-state index contributed by atoms with van der Waals surface area (Å²) in [5, 5.41) is 0. The lowest BCUT2D eigenvalue weighted by Crippen LogP contribution is -2.06. The Morgan fingerprint density at radius 3 is 3.07 bits per heavy atom. The third-order valence-electron chi connectivity index (χ3n) is 2.10. The third kappa shape index (κ3) is 1.25. The molecular formula is C10H10N2O2. The zero-order chi connectivity index (χ0) is 10.1. The fraction of sp³-hybridized carbons (Fsp3) is 0.200. The number of nitrogens with one attached hydrogen (secondary N) is 1. The summed E-state index contributed by atoms with van der Waals surface area (Å²) < 4.78 is 4.63. The molecule has 0 amide bonds. The Kier molecular flexibility index (Phi) is 1.96. The minimum absolute atomic E-state index is 0.375. The normalized spacial score (nSPS) is 10.4. The van der Waals surface area contributed by atoms with Crippen LogP contribution in [0, 0.1) is 6.92 Å². The second-order valence-electron chi connectivity index (χ2n) is 3.06. The predicted octanol–water partition coefficient (Wildman–Crippen LogP) is 1.66. The summed E-state index contributed by atoms with van der Waals surface area (Å²) in [5.41, 5.74) is 2.89. The minimum atomic E-state index is -0.398. The highest BCUT2D eigenvalue weighted by molar-refractivity contribution is 5.92. The lowest BCUT2D eigenvalue weighted by Gasteiger charge is -2.02. The van der Waals surface area contributed by atoms with Crippen LogP contribution in [0.1, 0.15) is 16.1 Å². The molecule has 0 radical (unpaired) electrons. The van der Waals surface area contributed by atoms with E-state index < -0.39 is 5.97 Å². The van der Waals surface area contributed by atoms with Gasteiger partial charge in [-0.05, 0) is 24.6 Å². The van der Waals surface area contributed by atoms with E-state index >= 15 is 0 Å². The molecule has 4 nitrogen and oxygen atoms in total. The zero-order valence-electron chi connectivity index (χ0n) is 8.00. The van der Waals surface area contributed by atoms with Crippen LogP contribution in [0.4, 0.5) is 0 Å². The summed E-state index contributed by atoms with van der Waals surface area (Å²) in [6.45, 7) is 1.83. The fourth-order valence-corrected chi connectivity index (χ4v) is 1.38. The molecule has 0 fully saturated rings. The number of carbonyl (C=O) groups is 1. The van der Waals surface area contributed by atoms with Crippen molar-refractivity contribution in [3.05, 3.63) is 29.6 Å². The number of aryl methyl sites for hydroxylation is 1. The van der Waals surface area contributed by atoms with Crippen LogP contribution in [0.15, 0.2) is 18.3 Å². The van der Waals surface area contributed by atoms with Gasteiger partial charge in [0.15, 0.2) is 5.69 Å². The van der Waals surface area contributed by atoms with Gasteiger partial charge in [-0.1, -0.05) is 0 Å². The van der Waals surface area contributed by atoms with Crippen molar-refractivity contribution in [2.45, 2.75) is 6.92 Å². The number of fused-ring (bicyclic) bond motifs is 1. The molecule has 2 aromatic heterocycles. The zero-order valence-corrected chi connectivity index (χ0v) is 8.00.